The van der Waals surface area contributed by atoms with Crippen LogP contribution in [0.5, 0.6) is 5.75 Å². The van der Waals surface area contributed by atoms with Crippen LogP contribution in [0.4, 0.5) is 11.4 Å². The number of non-ortho nitro benzene ring substituents is 1. The predicted octanol–water partition coefficient (Wildman–Crippen LogP) is 3.39. The maximum Gasteiger partial charge on any atom is 0.273 e. The zero-order valence-corrected chi connectivity index (χ0v) is 11.2. The van der Waals surface area contributed by atoms with Crippen LogP contribution in [0.25, 0.3) is 0 Å². The minimum Gasteiger partial charge on any atom is -0.489 e. The van der Waals surface area contributed by atoms with E-state index in [1.165, 1.54) is 24.3 Å². The van der Waals surface area contributed by atoms with E-state index < -0.39 is 9.85 Å². The van der Waals surface area contributed by atoms with Crippen LogP contribution in [0.2, 0.25) is 0 Å². The second-order valence-corrected chi connectivity index (χ2v) is 4.36. The maximum absolute atomic E-state index is 10.9. The molecular weight excluding hydrogens is 276 g/mol. The number of nitrogens with zero attached hydrogens (tertiary/aromatic N) is 2. The Kier molecular flexibility index (Phi) is 4.13. The summed E-state index contributed by atoms with van der Waals surface area (Å²) in [4.78, 5) is 20.6. The monoisotopic (exact) mass is 288 g/mol. The van der Waals surface area contributed by atoms with E-state index in [0.717, 1.165) is 0 Å². The molecule has 0 aliphatic heterocycles. The van der Waals surface area contributed by atoms with E-state index in [4.69, 9.17) is 4.74 Å². The number of rotatable bonds is 5. The van der Waals surface area contributed by atoms with E-state index in [1.54, 1.807) is 25.1 Å². The number of hydrogen-bond donors (Lipinski definition) is 0. The molecule has 7 nitrogen and oxygen atoms in total. The quantitative estimate of drug-likeness (QED) is 0.620. The zero-order chi connectivity index (χ0) is 15.4. The smallest absolute Gasteiger partial charge is 0.273 e. The van der Waals surface area contributed by atoms with Crippen molar-refractivity contribution in [3.05, 3.63) is 73.8 Å². The normalized spacial score (nSPS) is 10.1. The fraction of sp³-hybridized carbons (Fsp3) is 0.143. The van der Waals surface area contributed by atoms with Crippen molar-refractivity contribution in [2.45, 2.75) is 13.5 Å². The van der Waals surface area contributed by atoms with Gasteiger partial charge in [-0.3, -0.25) is 20.2 Å². The van der Waals surface area contributed by atoms with Crippen LogP contribution >= 0.6 is 0 Å². The Morgan fingerprint density at radius 3 is 2.43 bits per heavy atom. The van der Waals surface area contributed by atoms with Crippen LogP contribution in [0.1, 0.15) is 11.1 Å². The summed E-state index contributed by atoms with van der Waals surface area (Å²) in [6, 6.07) is 10.5. The first-order valence-electron chi connectivity index (χ1n) is 6.09. The predicted molar refractivity (Wildman–Crippen MR) is 75.3 cm³/mol. The Bertz CT molecular complexity index is 700. The zero-order valence-electron chi connectivity index (χ0n) is 11.2. The molecule has 2 aromatic rings. The molecule has 0 bridgehead atoms. The summed E-state index contributed by atoms with van der Waals surface area (Å²) >= 11 is 0. The van der Waals surface area contributed by atoms with Crippen molar-refractivity contribution in [3.63, 3.8) is 0 Å². The van der Waals surface area contributed by atoms with E-state index in [0.29, 0.717) is 16.9 Å². The molecule has 0 unspecified atom stereocenters. The van der Waals surface area contributed by atoms with Gasteiger partial charge in [0.2, 0.25) is 0 Å². The van der Waals surface area contributed by atoms with Gasteiger partial charge in [-0.2, -0.15) is 0 Å². The first-order valence-corrected chi connectivity index (χ1v) is 6.09. The van der Waals surface area contributed by atoms with Crippen LogP contribution in [-0.2, 0) is 6.61 Å². The molecule has 0 heterocycles. The summed E-state index contributed by atoms with van der Waals surface area (Å²) < 4.78 is 5.47. The lowest BCUT2D eigenvalue weighted by Gasteiger charge is -2.08. The van der Waals surface area contributed by atoms with E-state index in [-0.39, 0.29) is 18.0 Å². The minimum atomic E-state index is -0.508. The molecule has 21 heavy (non-hydrogen) atoms. The molecule has 2 aromatic carbocycles. The number of hydrogen-bond acceptors (Lipinski definition) is 5. The summed E-state index contributed by atoms with van der Waals surface area (Å²) in [6.45, 7) is 1.75. The largest absolute Gasteiger partial charge is 0.489 e. The molecular formula is C14H12N2O5. The van der Waals surface area contributed by atoms with Crippen LogP contribution in [0.15, 0.2) is 42.5 Å². The SMILES string of the molecule is Cc1c(COc2cccc([N+](=O)[O-])c2)cccc1[N+](=O)[O-]. The molecule has 0 N–H and O–H groups in total. The van der Waals surface area contributed by atoms with Gasteiger partial charge in [-0.1, -0.05) is 18.2 Å². The van der Waals surface area contributed by atoms with Gasteiger partial charge < -0.3 is 4.74 Å². The Morgan fingerprint density at radius 2 is 1.76 bits per heavy atom. The third-order valence-electron chi connectivity index (χ3n) is 3.04. The summed E-state index contributed by atoms with van der Waals surface area (Å²) in [5.74, 6) is 0.343. The van der Waals surface area contributed by atoms with Crippen LogP contribution in [-0.4, -0.2) is 9.85 Å². The summed E-state index contributed by atoms with van der Waals surface area (Å²) in [5, 5.41) is 21.5. The summed E-state index contributed by atoms with van der Waals surface area (Å²) in [6.07, 6.45) is 0. The second-order valence-electron chi connectivity index (χ2n) is 4.36. The van der Waals surface area contributed by atoms with Crippen LogP contribution in [0, 0.1) is 27.2 Å². The fourth-order valence-electron chi connectivity index (χ4n) is 1.87. The Balaban J connectivity index is 2.17. The molecule has 0 saturated carbocycles. The Labute approximate surface area is 120 Å². The lowest BCUT2D eigenvalue weighted by atomic mass is 10.1. The van der Waals surface area contributed by atoms with Crippen molar-refractivity contribution in [1.29, 1.82) is 0 Å². The number of nitro benzene ring substituents is 2. The standard InChI is InChI=1S/C14H12N2O5/c1-10-11(4-2-7-14(10)16(19)20)9-21-13-6-3-5-12(8-13)15(17)18/h2-8H,9H2,1H3. The number of nitro groups is 2. The molecule has 0 atom stereocenters. The average Bonchev–Trinajstić information content (AvgIpc) is 2.46. The summed E-state index contributed by atoms with van der Waals surface area (Å²) in [5.41, 5.74) is 1.14. The van der Waals surface area contributed by atoms with E-state index in [1.807, 2.05) is 0 Å². The highest BCUT2D eigenvalue weighted by Crippen LogP contribution is 2.24. The molecule has 0 amide bonds. The van der Waals surface area contributed by atoms with Gasteiger partial charge in [0.1, 0.15) is 12.4 Å². The first kappa shape index (κ1) is 14.4. The topological polar surface area (TPSA) is 95.5 Å². The maximum atomic E-state index is 10.9. The van der Waals surface area contributed by atoms with Gasteiger partial charge in [-0.15, -0.1) is 0 Å². The van der Waals surface area contributed by atoms with Gasteiger partial charge in [0.05, 0.1) is 15.9 Å². The van der Waals surface area contributed by atoms with Gasteiger partial charge in [-0.05, 0) is 18.6 Å². The van der Waals surface area contributed by atoms with Crippen molar-refractivity contribution in [1.82, 2.24) is 0 Å². The molecule has 108 valence electrons. The summed E-state index contributed by atoms with van der Waals surface area (Å²) in [7, 11) is 0. The molecule has 0 aliphatic carbocycles. The molecule has 7 heteroatoms. The molecule has 0 aromatic heterocycles. The molecule has 0 fully saturated rings. The van der Waals surface area contributed by atoms with E-state index >= 15 is 0 Å². The number of ether oxygens (including phenoxy) is 1. The van der Waals surface area contributed by atoms with Gasteiger partial charge in [-0.25, -0.2) is 0 Å². The highest BCUT2D eigenvalue weighted by molar-refractivity contribution is 5.44. The molecule has 0 saturated heterocycles. The molecule has 0 spiro atoms. The lowest BCUT2D eigenvalue weighted by Crippen LogP contribution is -2.01. The molecule has 2 rings (SSSR count). The fourth-order valence-corrected chi connectivity index (χ4v) is 1.87. The Hall–Kier alpha value is -2.96. The second kappa shape index (κ2) is 6.00. The highest BCUT2D eigenvalue weighted by atomic mass is 16.6. The van der Waals surface area contributed by atoms with Crippen molar-refractivity contribution in [2.75, 3.05) is 0 Å². The van der Waals surface area contributed by atoms with Crippen molar-refractivity contribution in [3.8, 4) is 5.75 Å². The van der Waals surface area contributed by atoms with Gasteiger partial charge in [0.25, 0.3) is 11.4 Å². The van der Waals surface area contributed by atoms with Gasteiger partial charge in [0, 0.05) is 17.7 Å². The van der Waals surface area contributed by atoms with Crippen molar-refractivity contribution >= 4 is 11.4 Å². The van der Waals surface area contributed by atoms with Crippen molar-refractivity contribution < 1.29 is 14.6 Å². The van der Waals surface area contributed by atoms with Gasteiger partial charge in [0.15, 0.2) is 0 Å². The lowest BCUT2D eigenvalue weighted by molar-refractivity contribution is -0.385. The van der Waals surface area contributed by atoms with Crippen LogP contribution < -0.4 is 4.74 Å². The van der Waals surface area contributed by atoms with Gasteiger partial charge >= 0.3 is 0 Å². The van der Waals surface area contributed by atoms with Crippen molar-refractivity contribution in [2.24, 2.45) is 0 Å². The van der Waals surface area contributed by atoms with E-state index in [2.05, 4.69) is 0 Å². The Morgan fingerprint density at radius 1 is 1.05 bits per heavy atom. The minimum absolute atomic E-state index is 0.0233. The molecule has 0 aliphatic rings. The molecule has 0 radical (unpaired) electrons. The van der Waals surface area contributed by atoms with Crippen LogP contribution in [0.3, 0.4) is 0 Å². The third kappa shape index (κ3) is 3.33. The average molecular weight is 288 g/mol. The first-order chi connectivity index (χ1) is 9.99. The third-order valence-corrected chi connectivity index (χ3v) is 3.04. The number of benzene rings is 2. The highest BCUT2D eigenvalue weighted by Gasteiger charge is 2.13. The van der Waals surface area contributed by atoms with E-state index in [9.17, 15) is 20.2 Å².